The Hall–Kier alpha value is -0.160. The predicted molar refractivity (Wildman–Crippen MR) is 63.1 cm³/mol. The molecular formula is C11H26N2O2. The number of nitrogens with zero attached hydrogens (tertiary/aromatic N) is 1. The highest BCUT2D eigenvalue weighted by Gasteiger charge is 2.03. The molecule has 0 aromatic carbocycles. The van der Waals surface area contributed by atoms with Crippen LogP contribution >= 0.6 is 0 Å². The van der Waals surface area contributed by atoms with Crippen LogP contribution in [-0.4, -0.2) is 58.0 Å². The lowest BCUT2D eigenvalue weighted by atomic mass is 10.3. The quantitative estimate of drug-likeness (QED) is 0.519. The van der Waals surface area contributed by atoms with Crippen molar-refractivity contribution in [2.45, 2.75) is 19.8 Å². The van der Waals surface area contributed by atoms with Gasteiger partial charge in [-0.1, -0.05) is 0 Å². The first-order chi connectivity index (χ1) is 7.35. The largest absolute Gasteiger partial charge is 0.383 e. The van der Waals surface area contributed by atoms with Crippen molar-refractivity contribution < 1.29 is 9.47 Å². The third kappa shape index (κ3) is 10.1. The third-order valence-corrected chi connectivity index (χ3v) is 2.26. The standard InChI is InChI=1S/C11H26N2O2/c1-3-15-10-5-8-13(7-4-6-12)9-11-14-2/h3-12H2,1-2H3. The molecule has 0 rings (SSSR count). The van der Waals surface area contributed by atoms with Crippen molar-refractivity contribution in [3.05, 3.63) is 0 Å². The van der Waals surface area contributed by atoms with E-state index in [9.17, 15) is 0 Å². The Morgan fingerprint density at radius 1 is 1.07 bits per heavy atom. The Labute approximate surface area is 93.7 Å². The van der Waals surface area contributed by atoms with Crippen LogP contribution in [0, 0.1) is 0 Å². The Balaban J connectivity index is 3.49. The van der Waals surface area contributed by atoms with Gasteiger partial charge in [-0.2, -0.15) is 0 Å². The van der Waals surface area contributed by atoms with E-state index in [1.54, 1.807) is 7.11 Å². The average molecular weight is 218 g/mol. The first-order valence-corrected chi connectivity index (χ1v) is 5.84. The molecule has 0 aliphatic carbocycles. The van der Waals surface area contributed by atoms with Crippen LogP contribution in [-0.2, 0) is 9.47 Å². The van der Waals surface area contributed by atoms with Crippen LogP contribution in [0.15, 0.2) is 0 Å². The number of methoxy groups -OCH3 is 1. The molecule has 0 saturated heterocycles. The molecule has 0 amide bonds. The minimum absolute atomic E-state index is 0.759. The molecule has 0 aliphatic rings. The van der Waals surface area contributed by atoms with Crippen molar-refractivity contribution in [1.29, 1.82) is 0 Å². The molecule has 0 unspecified atom stereocenters. The number of nitrogens with two attached hydrogens (primary N) is 1. The third-order valence-electron chi connectivity index (χ3n) is 2.26. The minimum Gasteiger partial charge on any atom is -0.383 e. The monoisotopic (exact) mass is 218 g/mol. The van der Waals surface area contributed by atoms with Crippen molar-refractivity contribution in [2.75, 3.05) is 53.1 Å². The molecule has 0 heterocycles. The SMILES string of the molecule is CCOCCCN(CCCN)CCOC. The summed E-state index contributed by atoms with van der Waals surface area (Å²) < 4.78 is 10.4. The van der Waals surface area contributed by atoms with Crippen molar-refractivity contribution >= 4 is 0 Å². The molecule has 0 saturated carbocycles. The zero-order valence-electron chi connectivity index (χ0n) is 10.2. The van der Waals surface area contributed by atoms with E-state index in [0.29, 0.717) is 0 Å². The van der Waals surface area contributed by atoms with E-state index < -0.39 is 0 Å². The number of hydrogen-bond donors (Lipinski definition) is 1. The van der Waals surface area contributed by atoms with Crippen LogP contribution in [0.25, 0.3) is 0 Å². The smallest absolute Gasteiger partial charge is 0.0589 e. The summed E-state index contributed by atoms with van der Waals surface area (Å²) in [6.07, 6.45) is 2.14. The van der Waals surface area contributed by atoms with Gasteiger partial charge >= 0.3 is 0 Å². The maximum Gasteiger partial charge on any atom is 0.0589 e. The molecular weight excluding hydrogens is 192 g/mol. The Morgan fingerprint density at radius 3 is 2.40 bits per heavy atom. The molecule has 0 atom stereocenters. The molecule has 0 spiro atoms. The summed E-state index contributed by atoms with van der Waals surface area (Å²) >= 11 is 0. The topological polar surface area (TPSA) is 47.7 Å². The molecule has 0 aromatic rings. The summed E-state index contributed by atoms with van der Waals surface area (Å²) in [5, 5.41) is 0. The number of rotatable bonds is 11. The van der Waals surface area contributed by atoms with Crippen LogP contribution in [0.4, 0.5) is 0 Å². The van der Waals surface area contributed by atoms with E-state index in [0.717, 1.165) is 58.8 Å². The fourth-order valence-corrected chi connectivity index (χ4v) is 1.41. The zero-order chi connectivity index (χ0) is 11.4. The lowest BCUT2D eigenvalue weighted by molar-refractivity contribution is 0.116. The minimum atomic E-state index is 0.759. The second-order valence-corrected chi connectivity index (χ2v) is 3.53. The summed E-state index contributed by atoms with van der Waals surface area (Å²) in [5.41, 5.74) is 5.50. The van der Waals surface area contributed by atoms with Crippen LogP contribution in [0.1, 0.15) is 19.8 Å². The van der Waals surface area contributed by atoms with Crippen molar-refractivity contribution in [3.8, 4) is 0 Å². The fraction of sp³-hybridized carbons (Fsp3) is 1.00. The molecule has 0 aliphatic heterocycles. The molecule has 4 heteroatoms. The second kappa shape index (κ2) is 11.9. The van der Waals surface area contributed by atoms with Crippen molar-refractivity contribution in [2.24, 2.45) is 5.73 Å². The molecule has 15 heavy (non-hydrogen) atoms. The highest BCUT2D eigenvalue weighted by atomic mass is 16.5. The molecule has 0 radical (unpaired) electrons. The summed E-state index contributed by atoms with van der Waals surface area (Å²) in [6.45, 7) is 8.35. The summed E-state index contributed by atoms with van der Waals surface area (Å²) in [5.74, 6) is 0. The van der Waals surface area contributed by atoms with Gasteiger partial charge in [0.1, 0.15) is 0 Å². The van der Waals surface area contributed by atoms with Gasteiger partial charge in [-0.25, -0.2) is 0 Å². The van der Waals surface area contributed by atoms with Gasteiger partial charge in [-0.05, 0) is 32.9 Å². The van der Waals surface area contributed by atoms with Gasteiger partial charge in [-0.15, -0.1) is 0 Å². The van der Waals surface area contributed by atoms with E-state index in [2.05, 4.69) is 4.90 Å². The normalized spacial score (nSPS) is 11.2. The van der Waals surface area contributed by atoms with Gasteiger partial charge in [0.2, 0.25) is 0 Å². The van der Waals surface area contributed by atoms with Gasteiger partial charge < -0.3 is 20.1 Å². The summed E-state index contributed by atoms with van der Waals surface area (Å²) in [4.78, 5) is 2.38. The zero-order valence-corrected chi connectivity index (χ0v) is 10.2. The van der Waals surface area contributed by atoms with Crippen LogP contribution in [0.5, 0.6) is 0 Å². The first-order valence-electron chi connectivity index (χ1n) is 5.84. The Kier molecular flexibility index (Phi) is 11.8. The predicted octanol–water partition coefficient (Wildman–Crippen LogP) is 0.710. The van der Waals surface area contributed by atoms with Crippen molar-refractivity contribution in [1.82, 2.24) is 4.90 Å². The van der Waals surface area contributed by atoms with Gasteiger partial charge in [0.05, 0.1) is 6.61 Å². The van der Waals surface area contributed by atoms with Gasteiger partial charge in [-0.3, -0.25) is 0 Å². The molecule has 4 nitrogen and oxygen atoms in total. The first kappa shape index (κ1) is 14.8. The average Bonchev–Trinajstić information content (AvgIpc) is 2.27. The Morgan fingerprint density at radius 2 is 1.80 bits per heavy atom. The van der Waals surface area contributed by atoms with Crippen LogP contribution in [0.2, 0.25) is 0 Å². The van der Waals surface area contributed by atoms with E-state index in [4.69, 9.17) is 15.2 Å². The summed E-state index contributed by atoms with van der Waals surface area (Å²) in [7, 11) is 1.74. The molecule has 0 bridgehead atoms. The molecule has 0 aromatic heterocycles. The molecule has 2 N–H and O–H groups in total. The highest BCUT2D eigenvalue weighted by Crippen LogP contribution is 1.94. The van der Waals surface area contributed by atoms with E-state index in [-0.39, 0.29) is 0 Å². The second-order valence-electron chi connectivity index (χ2n) is 3.53. The van der Waals surface area contributed by atoms with Crippen LogP contribution < -0.4 is 5.73 Å². The van der Waals surface area contributed by atoms with Gasteiger partial charge in [0.15, 0.2) is 0 Å². The lowest BCUT2D eigenvalue weighted by Gasteiger charge is -2.21. The highest BCUT2D eigenvalue weighted by molar-refractivity contribution is 4.58. The molecule has 92 valence electrons. The number of ether oxygens (including phenoxy) is 2. The van der Waals surface area contributed by atoms with Gasteiger partial charge in [0, 0.05) is 33.4 Å². The van der Waals surface area contributed by atoms with E-state index >= 15 is 0 Å². The van der Waals surface area contributed by atoms with E-state index in [1.165, 1.54) is 0 Å². The maximum atomic E-state index is 5.50. The summed E-state index contributed by atoms with van der Waals surface area (Å²) in [6, 6.07) is 0. The van der Waals surface area contributed by atoms with Gasteiger partial charge in [0.25, 0.3) is 0 Å². The fourth-order valence-electron chi connectivity index (χ4n) is 1.41. The van der Waals surface area contributed by atoms with Crippen molar-refractivity contribution in [3.63, 3.8) is 0 Å². The Bertz CT molecular complexity index is 115. The maximum absolute atomic E-state index is 5.50. The number of hydrogen-bond acceptors (Lipinski definition) is 4. The molecule has 0 fully saturated rings. The lowest BCUT2D eigenvalue weighted by Crippen LogP contribution is -2.31. The van der Waals surface area contributed by atoms with E-state index in [1.807, 2.05) is 6.92 Å². The van der Waals surface area contributed by atoms with Crippen LogP contribution in [0.3, 0.4) is 0 Å².